The summed E-state index contributed by atoms with van der Waals surface area (Å²) in [5.41, 5.74) is 2.98. The van der Waals surface area contributed by atoms with Crippen molar-refractivity contribution in [1.29, 1.82) is 0 Å². The van der Waals surface area contributed by atoms with Crippen LogP contribution in [0, 0.1) is 0 Å². The Hall–Kier alpha value is -2.92. The summed E-state index contributed by atoms with van der Waals surface area (Å²) in [6.07, 6.45) is 1.02. The number of carbonyl (C=O) groups excluding carboxylic acids is 1. The number of carbonyl (C=O) groups is 1. The van der Waals surface area contributed by atoms with Crippen molar-refractivity contribution < 1.29 is 9.21 Å². The number of amides is 1. The molecule has 27 heavy (non-hydrogen) atoms. The van der Waals surface area contributed by atoms with Crippen molar-refractivity contribution in [1.82, 2.24) is 10.2 Å². The molecule has 1 unspecified atom stereocenters. The highest BCUT2D eigenvalue weighted by atomic mass is 16.3. The molecule has 0 bridgehead atoms. The van der Waals surface area contributed by atoms with Crippen LogP contribution in [0.15, 0.2) is 63.8 Å². The number of rotatable bonds is 4. The minimum atomic E-state index is -0.359. The fourth-order valence-corrected chi connectivity index (χ4v) is 3.57. The summed E-state index contributed by atoms with van der Waals surface area (Å²) in [5, 5.41) is 3.38. The van der Waals surface area contributed by atoms with Crippen LogP contribution in [-0.4, -0.2) is 29.9 Å². The average molecular weight is 362 g/mol. The van der Waals surface area contributed by atoms with Crippen molar-refractivity contribution >= 4 is 16.9 Å². The number of hydrogen-bond acceptors (Lipinski definition) is 4. The lowest BCUT2D eigenvalue weighted by molar-refractivity contribution is 0.0905. The monoisotopic (exact) mass is 362 g/mol. The van der Waals surface area contributed by atoms with Crippen LogP contribution < -0.4 is 10.7 Å². The number of hydrogen-bond donors (Lipinski definition) is 1. The van der Waals surface area contributed by atoms with Gasteiger partial charge in [-0.15, -0.1) is 0 Å². The topological polar surface area (TPSA) is 62.6 Å². The molecule has 5 nitrogen and oxygen atoms in total. The third-order valence-corrected chi connectivity index (χ3v) is 5.20. The van der Waals surface area contributed by atoms with E-state index in [0.717, 1.165) is 19.5 Å². The normalized spacial score (nSPS) is 15.3. The second-order valence-electron chi connectivity index (χ2n) is 7.02. The van der Waals surface area contributed by atoms with Crippen LogP contribution in [0.3, 0.4) is 0 Å². The summed E-state index contributed by atoms with van der Waals surface area (Å²) >= 11 is 0. The Labute approximate surface area is 157 Å². The Balaban J connectivity index is 1.41. The highest BCUT2D eigenvalue weighted by Crippen LogP contribution is 2.20. The van der Waals surface area contributed by atoms with Gasteiger partial charge >= 0.3 is 0 Å². The zero-order valence-electron chi connectivity index (χ0n) is 15.3. The third kappa shape index (κ3) is 3.64. The van der Waals surface area contributed by atoms with Crippen molar-refractivity contribution in [2.24, 2.45) is 0 Å². The average Bonchev–Trinajstić information content (AvgIpc) is 2.71. The largest absolute Gasteiger partial charge is 0.451 e. The molecule has 1 aliphatic heterocycles. The number of nitrogens with zero attached hydrogens (tertiary/aromatic N) is 1. The summed E-state index contributed by atoms with van der Waals surface area (Å²) in [7, 11) is 0. The molecular weight excluding hydrogens is 340 g/mol. The molecule has 4 rings (SSSR count). The molecule has 2 aromatic carbocycles. The second kappa shape index (κ2) is 7.37. The van der Waals surface area contributed by atoms with Crippen molar-refractivity contribution in [3.63, 3.8) is 0 Å². The molecule has 0 radical (unpaired) electrons. The predicted octanol–water partition coefficient (Wildman–Crippen LogP) is 2.97. The number of benzene rings is 2. The number of nitrogens with one attached hydrogen (secondary N) is 1. The van der Waals surface area contributed by atoms with Crippen LogP contribution in [0.1, 0.15) is 28.6 Å². The van der Waals surface area contributed by atoms with E-state index in [1.807, 2.05) is 0 Å². The summed E-state index contributed by atoms with van der Waals surface area (Å²) < 4.78 is 5.60. The van der Waals surface area contributed by atoms with Gasteiger partial charge in [0.2, 0.25) is 0 Å². The van der Waals surface area contributed by atoms with Gasteiger partial charge in [0.1, 0.15) is 5.58 Å². The first kappa shape index (κ1) is 17.5. The maximum atomic E-state index is 12.5. The van der Waals surface area contributed by atoms with Crippen LogP contribution in [0.4, 0.5) is 0 Å². The van der Waals surface area contributed by atoms with E-state index in [2.05, 4.69) is 41.4 Å². The Morgan fingerprint density at radius 3 is 2.74 bits per heavy atom. The molecule has 1 amide bonds. The van der Waals surface area contributed by atoms with E-state index in [1.165, 1.54) is 17.2 Å². The molecular formula is C22H22N2O3. The van der Waals surface area contributed by atoms with Gasteiger partial charge in [0, 0.05) is 31.7 Å². The van der Waals surface area contributed by atoms with E-state index in [-0.39, 0.29) is 23.1 Å². The van der Waals surface area contributed by atoms with E-state index in [4.69, 9.17) is 4.42 Å². The first-order valence-corrected chi connectivity index (χ1v) is 9.24. The lowest BCUT2D eigenvalue weighted by atomic mass is 9.99. The summed E-state index contributed by atoms with van der Waals surface area (Å²) in [4.78, 5) is 27.0. The van der Waals surface area contributed by atoms with Gasteiger partial charge in [-0.3, -0.25) is 14.5 Å². The summed E-state index contributed by atoms with van der Waals surface area (Å²) in [5.74, 6) is -0.308. The Bertz CT molecular complexity index is 1040. The van der Waals surface area contributed by atoms with Gasteiger partial charge in [0.05, 0.1) is 5.39 Å². The Morgan fingerprint density at radius 2 is 1.89 bits per heavy atom. The van der Waals surface area contributed by atoms with Gasteiger partial charge in [0.15, 0.2) is 11.2 Å². The Morgan fingerprint density at radius 1 is 1.15 bits per heavy atom. The van der Waals surface area contributed by atoms with Gasteiger partial charge in [0.25, 0.3) is 5.91 Å². The zero-order chi connectivity index (χ0) is 18.8. The SMILES string of the molecule is CC(CNC(=O)c1cc(=O)c2ccccc2o1)N1CCc2ccccc2C1. The molecule has 1 aromatic heterocycles. The molecule has 138 valence electrons. The quantitative estimate of drug-likeness (QED) is 0.775. The third-order valence-electron chi connectivity index (χ3n) is 5.20. The van der Waals surface area contributed by atoms with Crippen molar-refractivity contribution in [2.75, 3.05) is 13.1 Å². The minimum absolute atomic E-state index is 0.0508. The van der Waals surface area contributed by atoms with Gasteiger partial charge < -0.3 is 9.73 Å². The van der Waals surface area contributed by atoms with Crippen molar-refractivity contribution in [3.05, 3.63) is 81.7 Å². The molecule has 0 saturated heterocycles. The smallest absolute Gasteiger partial charge is 0.287 e. The van der Waals surface area contributed by atoms with Gasteiger partial charge in [-0.1, -0.05) is 36.4 Å². The lowest BCUT2D eigenvalue weighted by Gasteiger charge is -2.33. The van der Waals surface area contributed by atoms with E-state index in [1.54, 1.807) is 24.3 Å². The van der Waals surface area contributed by atoms with Gasteiger partial charge in [-0.05, 0) is 36.6 Å². The maximum Gasteiger partial charge on any atom is 0.287 e. The van der Waals surface area contributed by atoms with Gasteiger partial charge in [-0.25, -0.2) is 0 Å². The van der Waals surface area contributed by atoms with E-state index < -0.39 is 0 Å². The Kier molecular flexibility index (Phi) is 4.77. The minimum Gasteiger partial charge on any atom is -0.451 e. The maximum absolute atomic E-state index is 12.5. The van der Waals surface area contributed by atoms with Gasteiger partial charge in [-0.2, -0.15) is 0 Å². The standard InChI is InChI=1S/C22H22N2O3/c1-15(24-11-10-16-6-2-3-7-17(16)14-24)13-23-22(26)21-12-19(25)18-8-4-5-9-20(18)27-21/h2-9,12,15H,10-11,13-14H2,1H3,(H,23,26). The molecule has 0 saturated carbocycles. The molecule has 1 atom stereocenters. The molecule has 0 fully saturated rings. The lowest BCUT2D eigenvalue weighted by Crippen LogP contribution is -2.44. The molecule has 0 aliphatic carbocycles. The van der Waals surface area contributed by atoms with Crippen LogP contribution in [0.25, 0.3) is 11.0 Å². The first-order valence-electron chi connectivity index (χ1n) is 9.24. The molecule has 0 spiro atoms. The molecule has 2 heterocycles. The molecule has 3 aromatic rings. The van der Waals surface area contributed by atoms with Crippen molar-refractivity contribution in [2.45, 2.75) is 25.9 Å². The van der Waals surface area contributed by atoms with Crippen LogP contribution in [0.5, 0.6) is 0 Å². The van der Waals surface area contributed by atoms with Crippen LogP contribution >= 0.6 is 0 Å². The number of para-hydroxylation sites is 1. The molecule has 5 heteroatoms. The van der Waals surface area contributed by atoms with E-state index in [0.29, 0.717) is 17.5 Å². The van der Waals surface area contributed by atoms with Crippen LogP contribution in [0.2, 0.25) is 0 Å². The summed E-state index contributed by atoms with van der Waals surface area (Å²) in [6, 6.07) is 16.9. The fourth-order valence-electron chi connectivity index (χ4n) is 3.57. The van der Waals surface area contributed by atoms with E-state index >= 15 is 0 Å². The zero-order valence-corrected chi connectivity index (χ0v) is 15.3. The predicted molar refractivity (Wildman–Crippen MR) is 105 cm³/mol. The highest BCUT2D eigenvalue weighted by Gasteiger charge is 2.21. The summed E-state index contributed by atoms with van der Waals surface area (Å²) in [6.45, 7) is 4.46. The van der Waals surface area contributed by atoms with E-state index in [9.17, 15) is 9.59 Å². The highest BCUT2D eigenvalue weighted by molar-refractivity contribution is 5.93. The molecule has 1 N–H and O–H groups in total. The molecule has 1 aliphatic rings. The van der Waals surface area contributed by atoms with Crippen molar-refractivity contribution in [3.8, 4) is 0 Å². The number of fused-ring (bicyclic) bond motifs is 2. The first-order chi connectivity index (χ1) is 13.1. The fraction of sp³-hybridized carbons (Fsp3) is 0.273. The van der Waals surface area contributed by atoms with Crippen LogP contribution in [-0.2, 0) is 13.0 Å². The second-order valence-corrected chi connectivity index (χ2v) is 7.02.